The van der Waals surface area contributed by atoms with Gasteiger partial charge in [-0.15, -0.1) is 0 Å². The molecule has 0 atom stereocenters. The van der Waals surface area contributed by atoms with Crippen molar-refractivity contribution >= 4 is 38.3 Å². The first-order valence-electron chi connectivity index (χ1n) is 6.71. The zero-order valence-electron chi connectivity index (χ0n) is 11.8. The van der Waals surface area contributed by atoms with Gasteiger partial charge in [-0.2, -0.15) is 0 Å². The third-order valence-electron chi connectivity index (χ3n) is 2.75. The van der Waals surface area contributed by atoms with Gasteiger partial charge in [0.25, 0.3) is 0 Å². The van der Waals surface area contributed by atoms with Crippen molar-refractivity contribution in [3.8, 4) is 0 Å². The second-order valence-electron chi connectivity index (χ2n) is 5.12. The van der Waals surface area contributed by atoms with Gasteiger partial charge in [0.1, 0.15) is 0 Å². The molecule has 0 fully saturated rings. The van der Waals surface area contributed by atoms with Gasteiger partial charge in [0.2, 0.25) is 5.91 Å². The molecule has 0 unspecified atom stereocenters. The summed E-state index contributed by atoms with van der Waals surface area (Å²) in [4.78, 5) is 16.0. The van der Waals surface area contributed by atoms with Crippen molar-refractivity contribution in [3.05, 3.63) is 18.2 Å². The monoisotopic (exact) mass is 292 g/mol. The number of nitrogens with two attached hydrogens (primary N) is 1. The van der Waals surface area contributed by atoms with Crippen LogP contribution in [0.2, 0.25) is 0 Å². The molecule has 0 aliphatic heterocycles. The predicted octanol–water partition coefficient (Wildman–Crippen LogP) is 2.45. The Morgan fingerprint density at radius 3 is 3.00 bits per heavy atom. The Bertz CT molecular complexity index is 594. The fourth-order valence-electron chi connectivity index (χ4n) is 1.71. The van der Waals surface area contributed by atoms with E-state index in [0.717, 1.165) is 27.6 Å². The van der Waals surface area contributed by atoms with Crippen LogP contribution in [0.25, 0.3) is 10.2 Å². The van der Waals surface area contributed by atoms with Gasteiger partial charge in [-0.05, 0) is 24.1 Å². The third-order valence-corrected chi connectivity index (χ3v) is 3.72. The summed E-state index contributed by atoms with van der Waals surface area (Å²) >= 11 is 1.55. The molecule has 0 bridgehead atoms. The van der Waals surface area contributed by atoms with Crippen molar-refractivity contribution < 1.29 is 4.79 Å². The van der Waals surface area contributed by atoms with Crippen LogP contribution in [0.4, 0.5) is 10.8 Å². The summed E-state index contributed by atoms with van der Waals surface area (Å²) in [6, 6.07) is 5.65. The summed E-state index contributed by atoms with van der Waals surface area (Å²) in [7, 11) is 0. The van der Waals surface area contributed by atoms with E-state index in [0.29, 0.717) is 18.9 Å². The molecule has 1 amide bonds. The van der Waals surface area contributed by atoms with Crippen LogP contribution in [0.3, 0.4) is 0 Å². The minimum absolute atomic E-state index is 0.0663. The predicted molar refractivity (Wildman–Crippen MR) is 85.0 cm³/mol. The molecule has 2 aromatic rings. The smallest absolute Gasteiger partial charge is 0.221 e. The summed E-state index contributed by atoms with van der Waals surface area (Å²) in [5.74, 6) is 0.540. The lowest BCUT2D eigenvalue weighted by Gasteiger charge is -2.07. The molecule has 6 heteroatoms. The highest BCUT2D eigenvalue weighted by Crippen LogP contribution is 2.27. The van der Waals surface area contributed by atoms with Gasteiger partial charge in [0, 0.05) is 25.2 Å². The van der Waals surface area contributed by atoms with Gasteiger partial charge >= 0.3 is 0 Å². The van der Waals surface area contributed by atoms with E-state index in [1.807, 2.05) is 18.2 Å². The van der Waals surface area contributed by atoms with E-state index in [4.69, 9.17) is 5.73 Å². The lowest BCUT2D eigenvalue weighted by Crippen LogP contribution is -2.28. The molecule has 5 nitrogen and oxygen atoms in total. The number of thiazole rings is 1. The highest BCUT2D eigenvalue weighted by Gasteiger charge is 2.05. The quantitative estimate of drug-likeness (QED) is 0.714. The Hall–Kier alpha value is -1.82. The number of fused-ring (bicyclic) bond motifs is 1. The number of benzene rings is 1. The Balaban J connectivity index is 1.82. The zero-order chi connectivity index (χ0) is 14.5. The summed E-state index contributed by atoms with van der Waals surface area (Å²) in [6.07, 6.45) is 0.449. The molecule has 0 aliphatic carbocycles. The second-order valence-corrected chi connectivity index (χ2v) is 6.15. The number of hydrogen-bond acceptors (Lipinski definition) is 5. The van der Waals surface area contributed by atoms with E-state index >= 15 is 0 Å². The summed E-state index contributed by atoms with van der Waals surface area (Å²) < 4.78 is 1.05. The Labute approximate surface area is 122 Å². The molecular weight excluding hydrogens is 272 g/mol. The van der Waals surface area contributed by atoms with E-state index in [-0.39, 0.29) is 5.91 Å². The lowest BCUT2D eigenvalue weighted by molar-refractivity contribution is -0.120. The summed E-state index contributed by atoms with van der Waals surface area (Å²) in [5, 5.41) is 6.89. The van der Waals surface area contributed by atoms with Gasteiger partial charge in [-0.1, -0.05) is 25.2 Å². The van der Waals surface area contributed by atoms with Gasteiger partial charge < -0.3 is 16.4 Å². The minimum atomic E-state index is 0.0663. The largest absolute Gasteiger partial charge is 0.399 e. The van der Waals surface area contributed by atoms with E-state index in [9.17, 15) is 4.79 Å². The Morgan fingerprint density at radius 1 is 1.45 bits per heavy atom. The normalized spacial score (nSPS) is 10.9. The van der Waals surface area contributed by atoms with Crippen molar-refractivity contribution in [1.82, 2.24) is 10.3 Å². The third kappa shape index (κ3) is 4.09. The average molecular weight is 292 g/mol. The van der Waals surface area contributed by atoms with Crippen molar-refractivity contribution in [2.24, 2.45) is 5.92 Å². The number of hydrogen-bond donors (Lipinski definition) is 3. The second kappa shape index (κ2) is 6.56. The highest BCUT2D eigenvalue weighted by atomic mass is 32.1. The molecule has 4 N–H and O–H groups in total. The number of amides is 1. The topological polar surface area (TPSA) is 80.0 Å². The van der Waals surface area contributed by atoms with E-state index in [1.165, 1.54) is 0 Å². The van der Waals surface area contributed by atoms with Crippen LogP contribution < -0.4 is 16.4 Å². The minimum Gasteiger partial charge on any atom is -0.399 e. The number of anilines is 2. The SMILES string of the molecule is CC(C)CNC(=O)CCNc1nc2ccc(N)cc2s1. The number of rotatable bonds is 6. The van der Waals surface area contributed by atoms with Crippen molar-refractivity contribution in [1.29, 1.82) is 0 Å². The molecule has 0 radical (unpaired) electrons. The van der Waals surface area contributed by atoms with Crippen LogP contribution in [0, 0.1) is 5.92 Å². The molecule has 1 aromatic heterocycles. The lowest BCUT2D eigenvalue weighted by atomic mass is 10.2. The van der Waals surface area contributed by atoms with Crippen molar-refractivity contribution in [2.75, 3.05) is 24.1 Å². The number of nitrogens with one attached hydrogen (secondary N) is 2. The molecule has 0 aliphatic rings. The van der Waals surface area contributed by atoms with Crippen molar-refractivity contribution in [2.45, 2.75) is 20.3 Å². The first-order chi connectivity index (χ1) is 9.54. The number of aromatic nitrogens is 1. The fraction of sp³-hybridized carbons (Fsp3) is 0.429. The van der Waals surface area contributed by atoms with E-state index in [2.05, 4.69) is 29.5 Å². The molecule has 0 saturated carbocycles. The van der Waals surface area contributed by atoms with Crippen LogP contribution in [-0.4, -0.2) is 24.0 Å². The number of nitrogen functional groups attached to an aromatic ring is 1. The molecule has 2 rings (SSSR count). The molecule has 1 aromatic carbocycles. The number of nitrogens with zero attached hydrogens (tertiary/aromatic N) is 1. The Morgan fingerprint density at radius 2 is 2.25 bits per heavy atom. The molecule has 0 saturated heterocycles. The van der Waals surface area contributed by atoms with Crippen LogP contribution in [-0.2, 0) is 4.79 Å². The standard InChI is InChI=1S/C14H20N4OS/c1-9(2)8-17-13(19)5-6-16-14-18-11-4-3-10(15)7-12(11)20-14/h3-4,7,9H,5-6,8,15H2,1-2H3,(H,16,18)(H,17,19). The summed E-state index contributed by atoms with van der Waals surface area (Å²) in [6.45, 7) is 5.45. The van der Waals surface area contributed by atoms with Crippen LogP contribution in [0.15, 0.2) is 18.2 Å². The van der Waals surface area contributed by atoms with Gasteiger partial charge in [0.15, 0.2) is 5.13 Å². The molecule has 1 heterocycles. The fourth-order valence-corrected chi connectivity index (χ4v) is 2.65. The zero-order valence-corrected chi connectivity index (χ0v) is 12.6. The number of carbonyl (C=O) groups excluding carboxylic acids is 1. The maximum absolute atomic E-state index is 11.6. The molecule has 20 heavy (non-hydrogen) atoms. The van der Waals surface area contributed by atoms with Gasteiger partial charge in [0.05, 0.1) is 10.2 Å². The average Bonchev–Trinajstić information content (AvgIpc) is 2.78. The number of carbonyl (C=O) groups is 1. The van der Waals surface area contributed by atoms with Gasteiger partial charge in [-0.25, -0.2) is 4.98 Å². The van der Waals surface area contributed by atoms with Crippen LogP contribution >= 0.6 is 11.3 Å². The van der Waals surface area contributed by atoms with Gasteiger partial charge in [-0.3, -0.25) is 4.79 Å². The van der Waals surface area contributed by atoms with E-state index in [1.54, 1.807) is 11.3 Å². The Kier molecular flexibility index (Phi) is 4.79. The first-order valence-corrected chi connectivity index (χ1v) is 7.53. The maximum Gasteiger partial charge on any atom is 0.221 e. The first kappa shape index (κ1) is 14.6. The van der Waals surface area contributed by atoms with E-state index < -0.39 is 0 Å². The van der Waals surface area contributed by atoms with Crippen molar-refractivity contribution in [3.63, 3.8) is 0 Å². The molecule has 0 spiro atoms. The van der Waals surface area contributed by atoms with Crippen LogP contribution in [0.1, 0.15) is 20.3 Å². The molecule has 108 valence electrons. The highest BCUT2D eigenvalue weighted by molar-refractivity contribution is 7.22. The molecular formula is C14H20N4OS. The maximum atomic E-state index is 11.6. The van der Waals surface area contributed by atoms with Crippen LogP contribution in [0.5, 0.6) is 0 Å². The summed E-state index contributed by atoms with van der Waals surface area (Å²) in [5.41, 5.74) is 7.40.